The van der Waals surface area contributed by atoms with Gasteiger partial charge in [0.25, 0.3) is 11.5 Å². The van der Waals surface area contributed by atoms with Crippen LogP contribution < -0.4 is 10.9 Å². The van der Waals surface area contributed by atoms with Crippen LogP contribution in [0, 0.1) is 6.92 Å². The zero-order valence-electron chi connectivity index (χ0n) is 18.0. The molecule has 0 bridgehead atoms. The number of benzene rings is 2. The SMILES string of the molecule is Cc1ccc2nc3c(cc(C(=O)NCc4ccccc4Cl)n3Cc3ccccc3)c(=O)n2c1. The lowest BCUT2D eigenvalue weighted by Crippen LogP contribution is -2.26. The molecule has 3 aromatic heterocycles. The summed E-state index contributed by atoms with van der Waals surface area (Å²) in [6.45, 7) is 2.61. The summed E-state index contributed by atoms with van der Waals surface area (Å²) in [4.78, 5) is 31.3. The predicted molar refractivity (Wildman–Crippen MR) is 130 cm³/mol. The van der Waals surface area contributed by atoms with Crippen molar-refractivity contribution in [2.45, 2.75) is 20.0 Å². The molecule has 2 aromatic carbocycles. The highest BCUT2D eigenvalue weighted by Gasteiger charge is 2.20. The van der Waals surface area contributed by atoms with Gasteiger partial charge in [0, 0.05) is 24.3 Å². The third kappa shape index (κ3) is 4.01. The van der Waals surface area contributed by atoms with E-state index in [1.54, 1.807) is 22.9 Å². The van der Waals surface area contributed by atoms with Gasteiger partial charge in [0.1, 0.15) is 17.0 Å². The van der Waals surface area contributed by atoms with Gasteiger partial charge in [0.2, 0.25) is 0 Å². The van der Waals surface area contributed by atoms with E-state index in [1.165, 1.54) is 4.40 Å². The van der Waals surface area contributed by atoms with Crippen molar-refractivity contribution in [3.8, 4) is 0 Å². The Hall–Kier alpha value is -3.90. The van der Waals surface area contributed by atoms with Gasteiger partial charge in [0.05, 0.1) is 5.39 Å². The molecule has 164 valence electrons. The first-order valence-corrected chi connectivity index (χ1v) is 11.0. The van der Waals surface area contributed by atoms with Crippen molar-refractivity contribution >= 4 is 34.2 Å². The lowest BCUT2D eigenvalue weighted by atomic mass is 10.2. The molecule has 33 heavy (non-hydrogen) atoms. The molecule has 0 aliphatic heterocycles. The van der Waals surface area contributed by atoms with Gasteiger partial charge in [-0.1, -0.05) is 66.2 Å². The maximum atomic E-state index is 13.3. The van der Waals surface area contributed by atoms with Crippen LogP contribution in [-0.2, 0) is 13.1 Å². The Kier molecular flexibility index (Phi) is 5.44. The number of aryl methyl sites for hydroxylation is 1. The van der Waals surface area contributed by atoms with Crippen LogP contribution >= 0.6 is 11.6 Å². The predicted octanol–water partition coefficient (Wildman–Crippen LogP) is 4.59. The number of rotatable bonds is 5. The van der Waals surface area contributed by atoms with Gasteiger partial charge >= 0.3 is 0 Å². The summed E-state index contributed by atoms with van der Waals surface area (Å²) < 4.78 is 3.32. The highest BCUT2D eigenvalue weighted by Crippen LogP contribution is 2.20. The van der Waals surface area contributed by atoms with Crippen molar-refractivity contribution in [1.82, 2.24) is 19.3 Å². The Morgan fingerprint density at radius 3 is 2.58 bits per heavy atom. The van der Waals surface area contributed by atoms with E-state index >= 15 is 0 Å². The van der Waals surface area contributed by atoms with E-state index in [1.807, 2.05) is 67.6 Å². The van der Waals surface area contributed by atoms with Crippen LogP contribution in [0.5, 0.6) is 0 Å². The molecule has 0 unspecified atom stereocenters. The molecule has 0 atom stereocenters. The molecule has 5 aromatic rings. The maximum absolute atomic E-state index is 13.3. The lowest BCUT2D eigenvalue weighted by Gasteiger charge is -2.12. The standard InChI is InChI=1S/C26H21ClN4O2/c1-17-11-12-23-29-24-20(26(33)31(23)15-17)13-22(30(24)16-18-7-3-2-4-8-18)25(32)28-14-19-9-5-6-10-21(19)27/h2-13,15H,14,16H2,1H3,(H,28,32). The smallest absolute Gasteiger partial charge is 0.268 e. The number of carbonyl (C=O) groups is 1. The van der Waals surface area contributed by atoms with E-state index in [-0.39, 0.29) is 18.0 Å². The van der Waals surface area contributed by atoms with Crippen LogP contribution in [0.25, 0.3) is 16.7 Å². The van der Waals surface area contributed by atoms with Crippen LogP contribution in [0.4, 0.5) is 0 Å². The summed E-state index contributed by atoms with van der Waals surface area (Å²) in [5, 5.41) is 3.92. The zero-order valence-corrected chi connectivity index (χ0v) is 18.7. The first-order valence-electron chi connectivity index (χ1n) is 10.6. The van der Waals surface area contributed by atoms with Gasteiger partial charge in [-0.05, 0) is 41.8 Å². The molecule has 0 radical (unpaired) electrons. The van der Waals surface area contributed by atoms with Gasteiger partial charge in [-0.15, -0.1) is 0 Å². The second kappa shape index (κ2) is 8.56. The monoisotopic (exact) mass is 456 g/mol. The average Bonchev–Trinajstić information content (AvgIpc) is 3.18. The van der Waals surface area contributed by atoms with E-state index in [4.69, 9.17) is 16.6 Å². The summed E-state index contributed by atoms with van der Waals surface area (Å²) in [5.41, 5.74) is 3.96. The minimum absolute atomic E-state index is 0.203. The Bertz CT molecular complexity index is 1550. The van der Waals surface area contributed by atoms with E-state index in [0.29, 0.717) is 33.9 Å². The van der Waals surface area contributed by atoms with Crippen LogP contribution in [0.1, 0.15) is 27.2 Å². The number of hydrogen-bond acceptors (Lipinski definition) is 3. The van der Waals surface area contributed by atoms with Crippen LogP contribution in [0.3, 0.4) is 0 Å². The summed E-state index contributed by atoms with van der Waals surface area (Å²) in [5.74, 6) is -0.298. The molecule has 3 heterocycles. The van der Waals surface area contributed by atoms with Crippen LogP contribution in [-0.4, -0.2) is 19.9 Å². The fraction of sp³-hybridized carbons (Fsp3) is 0.115. The maximum Gasteiger partial charge on any atom is 0.268 e. The highest BCUT2D eigenvalue weighted by atomic mass is 35.5. The van der Waals surface area contributed by atoms with Gasteiger partial charge in [-0.25, -0.2) is 4.98 Å². The van der Waals surface area contributed by atoms with Crippen molar-refractivity contribution < 1.29 is 4.79 Å². The van der Waals surface area contributed by atoms with Crippen molar-refractivity contribution in [2.75, 3.05) is 0 Å². The van der Waals surface area contributed by atoms with E-state index < -0.39 is 0 Å². The molecular weight excluding hydrogens is 436 g/mol. The minimum atomic E-state index is -0.298. The number of aromatic nitrogens is 3. The number of hydrogen-bond donors (Lipinski definition) is 1. The molecule has 0 fully saturated rings. The number of pyridine rings is 1. The zero-order chi connectivity index (χ0) is 22.9. The first-order chi connectivity index (χ1) is 16.0. The second-order valence-corrected chi connectivity index (χ2v) is 8.37. The average molecular weight is 457 g/mol. The Morgan fingerprint density at radius 1 is 1.03 bits per heavy atom. The molecule has 1 N–H and O–H groups in total. The molecule has 1 amide bonds. The number of nitrogens with zero attached hydrogens (tertiary/aromatic N) is 3. The molecule has 5 rings (SSSR count). The molecule has 0 aliphatic carbocycles. The van der Waals surface area contributed by atoms with Crippen molar-refractivity contribution in [2.24, 2.45) is 0 Å². The van der Waals surface area contributed by atoms with Crippen LogP contribution in [0.2, 0.25) is 5.02 Å². The highest BCUT2D eigenvalue weighted by molar-refractivity contribution is 6.31. The Labute approximate surface area is 195 Å². The molecule has 0 saturated heterocycles. The number of carbonyl (C=O) groups excluding carboxylic acids is 1. The lowest BCUT2D eigenvalue weighted by molar-refractivity contribution is 0.0942. The van der Waals surface area contributed by atoms with E-state index in [9.17, 15) is 9.59 Å². The summed E-state index contributed by atoms with van der Waals surface area (Å²) >= 11 is 6.24. The quantitative estimate of drug-likeness (QED) is 0.420. The third-order valence-electron chi connectivity index (χ3n) is 5.63. The molecule has 0 spiro atoms. The Balaban J connectivity index is 1.62. The Morgan fingerprint density at radius 2 is 1.79 bits per heavy atom. The van der Waals surface area contributed by atoms with Gasteiger partial charge in [0.15, 0.2) is 0 Å². The number of fused-ring (bicyclic) bond motifs is 2. The largest absolute Gasteiger partial charge is 0.347 e. The second-order valence-electron chi connectivity index (χ2n) is 7.96. The van der Waals surface area contributed by atoms with Crippen molar-refractivity contribution in [3.63, 3.8) is 0 Å². The molecule has 6 nitrogen and oxygen atoms in total. The topological polar surface area (TPSA) is 68.4 Å². The number of amides is 1. The van der Waals surface area contributed by atoms with Gasteiger partial charge in [-0.2, -0.15) is 0 Å². The third-order valence-corrected chi connectivity index (χ3v) is 6.00. The summed E-state index contributed by atoms with van der Waals surface area (Å²) in [6, 6.07) is 22.5. The number of halogens is 1. The van der Waals surface area contributed by atoms with E-state index in [0.717, 1.165) is 16.7 Å². The van der Waals surface area contributed by atoms with Gasteiger partial charge in [-0.3, -0.25) is 14.0 Å². The van der Waals surface area contributed by atoms with Gasteiger partial charge < -0.3 is 9.88 Å². The minimum Gasteiger partial charge on any atom is -0.347 e. The molecule has 0 aliphatic rings. The molecule has 7 heteroatoms. The van der Waals surface area contributed by atoms with Crippen molar-refractivity contribution in [1.29, 1.82) is 0 Å². The molecular formula is C26H21ClN4O2. The van der Waals surface area contributed by atoms with E-state index in [2.05, 4.69) is 5.32 Å². The normalized spacial score (nSPS) is 11.2. The summed E-state index contributed by atoms with van der Waals surface area (Å²) in [7, 11) is 0. The molecule has 0 saturated carbocycles. The number of nitrogens with one attached hydrogen (secondary N) is 1. The fourth-order valence-corrected chi connectivity index (χ4v) is 4.13. The summed E-state index contributed by atoms with van der Waals surface area (Å²) in [6.07, 6.45) is 1.76. The van der Waals surface area contributed by atoms with Crippen molar-refractivity contribution in [3.05, 3.63) is 117 Å². The van der Waals surface area contributed by atoms with Crippen LogP contribution in [0.15, 0.2) is 83.8 Å². The first kappa shape index (κ1) is 21.0. The fourth-order valence-electron chi connectivity index (χ4n) is 3.93.